The van der Waals surface area contributed by atoms with Gasteiger partial charge in [0.05, 0.1) is 6.54 Å². The Kier molecular flexibility index (Phi) is 4.86. The minimum Gasteiger partial charge on any atom is -0.491 e. The van der Waals surface area contributed by atoms with Gasteiger partial charge >= 0.3 is 6.09 Å². The number of ether oxygens (including phenoxy) is 2. The third-order valence-electron chi connectivity index (χ3n) is 4.84. The summed E-state index contributed by atoms with van der Waals surface area (Å²) in [5.41, 5.74) is -0.581. The van der Waals surface area contributed by atoms with Gasteiger partial charge in [0.25, 0.3) is 0 Å². The number of rotatable bonds is 3. The van der Waals surface area contributed by atoms with Crippen LogP contribution in [-0.4, -0.2) is 41.2 Å². The third-order valence-corrected chi connectivity index (χ3v) is 4.84. The van der Waals surface area contributed by atoms with Crippen molar-refractivity contribution in [1.29, 1.82) is 0 Å². The Hall–Kier alpha value is -2.24. The first-order valence-electron chi connectivity index (χ1n) is 9.20. The molecule has 0 unspecified atom stereocenters. The van der Waals surface area contributed by atoms with Crippen LogP contribution in [0, 0.1) is 5.92 Å². The van der Waals surface area contributed by atoms with Gasteiger partial charge in [0, 0.05) is 12.1 Å². The predicted octanol–water partition coefficient (Wildman–Crippen LogP) is 3.10. The van der Waals surface area contributed by atoms with Gasteiger partial charge in [-0.25, -0.2) is 4.79 Å². The van der Waals surface area contributed by atoms with Crippen LogP contribution in [-0.2, 0) is 16.1 Å². The van der Waals surface area contributed by atoms with Gasteiger partial charge in [0.2, 0.25) is 5.91 Å². The average molecular weight is 360 g/mol. The van der Waals surface area contributed by atoms with Crippen molar-refractivity contribution in [3.05, 3.63) is 29.8 Å². The van der Waals surface area contributed by atoms with E-state index < -0.39 is 17.2 Å². The summed E-state index contributed by atoms with van der Waals surface area (Å²) in [5.74, 6) is 0.879. The molecular weight excluding hydrogens is 332 g/mol. The van der Waals surface area contributed by atoms with Gasteiger partial charge in [-0.2, -0.15) is 0 Å². The van der Waals surface area contributed by atoms with Gasteiger partial charge in [0.15, 0.2) is 0 Å². The molecule has 0 bridgehead atoms. The molecule has 1 N–H and O–H groups in total. The molecule has 142 valence electrons. The van der Waals surface area contributed by atoms with E-state index in [4.69, 9.17) is 9.47 Å². The summed E-state index contributed by atoms with van der Waals surface area (Å²) in [5, 5.41) is 2.86. The number of benzene rings is 1. The number of carbonyl (C=O) groups excluding carboxylic acids is 2. The standard InChI is InChI=1S/C20H28N2O4/c1-19(2,3)26-18(24)21-20(4,15-9-10-15)17(23)22-11-12-25-16-8-6-5-7-14(16)13-22/h5-8,15H,9-13H2,1-4H3,(H,21,24)/t20-/m1/s1. The summed E-state index contributed by atoms with van der Waals surface area (Å²) in [6.45, 7) is 8.66. The van der Waals surface area contributed by atoms with E-state index >= 15 is 0 Å². The number of alkyl carbamates (subject to hydrolysis) is 1. The summed E-state index contributed by atoms with van der Waals surface area (Å²) >= 11 is 0. The van der Waals surface area contributed by atoms with Gasteiger partial charge in [-0.1, -0.05) is 18.2 Å². The fourth-order valence-electron chi connectivity index (χ4n) is 3.33. The number of amides is 2. The molecule has 6 heteroatoms. The molecule has 1 fully saturated rings. The van der Waals surface area contributed by atoms with E-state index in [-0.39, 0.29) is 11.8 Å². The average Bonchev–Trinajstić information content (AvgIpc) is 3.38. The monoisotopic (exact) mass is 360 g/mol. The lowest BCUT2D eigenvalue weighted by Gasteiger charge is -2.35. The molecule has 1 atom stereocenters. The Bertz CT molecular complexity index is 693. The minimum atomic E-state index is -0.957. The second-order valence-corrected chi connectivity index (χ2v) is 8.29. The summed E-state index contributed by atoms with van der Waals surface area (Å²) in [6.07, 6.45) is 1.31. The Morgan fingerprint density at radius 2 is 1.88 bits per heavy atom. The van der Waals surface area contributed by atoms with Gasteiger partial charge in [0.1, 0.15) is 23.5 Å². The van der Waals surface area contributed by atoms with Gasteiger partial charge in [-0.15, -0.1) is 0 Å². The predicted molar refractivity (Wildman–Crippen MR) is 97.9 cm³/mol. The molecule has 3 rings (SSSR count). The Morgan fingerprint density at radius 1 is 1.19 bits per heavy atom. The highest BCUT2D eigenvalue weighted by molar-refractivity contribution is 5.90. The highest BCUT2D eigenvalue weighted by Crippen LogP contribution is 2.41. The third kappa shape index (κ3) is 4.11. The molecule has 0 aromatic heterocycles. The lowest BCUT2D eigenvalue weighted by atomic mass is 9.93. The van der Waals surface area contributed by atoms with E-state index in [1.54, 1.807) is 4.90 Å². The van der Waals surface area contributed by atoms with Crippen LogP contribution in [0.25, 0.3) is 0 Å². The zero-order chi connectivity index (χ0) is 18.9. The molecule has 0 saturated heterocycles. The molecule has 1 saturated carbocycles. The molecule has 0 radical (unpaired) electrons. The van der Waals surface area contributed by atoms with Crippen LogP contribution in [0.1, 0.15) is 46.1 Å². The number of nitrogens with zero attached hydrogens (tertiary/aromatic N) is 1. The first kappa shape index (κ1) is 18.5. The zero-order valence-electron chi connectivity index (χ0n) is 16.0. The second-order valence-electron chi connectivity index (χ2n) is 8.29. The maximum absolute atomic E-state index is 13.4. The zero-order valence-corrected chi connectivity index (χ0v) is 16.0. The van der Waals surface area contributed by atoms with Gasteiger partial charge in [-0.3, -0.25) is 4.79 Å². The van der Waals surface area contributed by atoms with Crippen LogP contribution < -0.4 is 10.1 Å². The molecule has 1 aliphatic carbocycles. The van der Waals surface area contributed by atoms with E-state index in [9.17, 15) is 9.59 Å². The van der Waals surface area contributed by atoms with Crippen molar-refractivity contribution >= 4 is 12.0 Å². The van der Waals surface area contributed by atoms with Crippen molar-refractivity contribution in [3.8, 4) is 5.75 Å². The van der Waals surface area contributed by atoms with E-state index in [1.165, 1.54) is 0 Å². The lowest BCUT2D eigenvalue weighted by Crippen LogP contribution is -2.60. The number of nitrogens with one attached hydrogen (secondary N) is 1. The number of hydrogen-bond donors (Lipinski definition) is 1. The molecule has 6 nitrogen and oxygen atoms in total. The quantitative estimate of drug-likeness (QED) is 0.899. The smallest absolute Gasteiger partial charge is 0.408 e. The van der Waals surface area contributed by atoms with Gasteiger partial charge < -0.3 is 19.7 Å². The number of carbonyl (C=O) groups is 2. The summed E-state index contributed by atoms with van der Waals surface area (Å²) in [4.78, 5) is 27.5. The Balaban J connectivity index is 1.77. The van der Waals surface area contributed by atoms with E-state index in [1.807, 2.05) is 52.0 Å². The summed E-state index contributed by atoms with van der Waals surface area (Å²) in [6, 6.07) is 7.75. The molecule has 1 aromatic carbocycles. The lowest BCUT2D eigenvalue weighted by molar-refractivity contribution is -0.139. The maximum atomic E-state index is 13.4. The SMILES string of the molecule is CC(C)(C)OC(=O)N[C@@](C)(C(=O)N1CCOc2ccccc2C1)C1CC1. The number of fused-ring (bicyclic) bond motifs is 1. The topological polar surface area (TPSA) is 67.9 Å². The molecule has 2 amide bonds. The highest BCUT2D eigenvalue weighted by Gasteiger charge is 2.50. The molecule has 1 heterocycles. The van der Waals surface area contributed by atoms with Crippen LogP contribution in [0.4, 0.5) is 4.79 Å². The van der Waals surface area contributed by atoms with Crippen molar-refractivity contribution in [1.82, 2.24) is 10.2 Å². The normalized spacial score (nSPS) is 19.5. The molecule has 26 heavy (non-hydrogen) atoms. The minimum absolute atomic E-state index is 0.0776. The van der Waals surface area contributed by atoms with Crippen molar-refractivity contribution in [3.63, 3.8) is 0 Å². The van der Waals surface area contributed by atoms with Crippen LogP contribution >= 0.6 is 0 Å². The van der Waals surface area contributed by atoms with E-state index in [0.717, 1.165) is 24.2 Å². The highest BCUT2D eigenvalue weighted by atomic mass is 16.6. The van der Waals surface area contributed by atoms with Crippen LogP contribution in [0.5, 0.6) is 5.75 Å². The van der Waals surface area contributed by atoms with Crippen LogP contribution in [0.2, 0.25) is 0 Å². The molecule has 1 aromatic rings. The first-order valence-corrected chi connectivity index (χ1v) is 9.20. The van der Waals surface area contributed by atoms with Gasteiger partial charge in [-0.05, 0) is 52.5 Å². The Morgan fingerprint density at radius 3 is 2.54 bits per heavy atom. The molecule has 0 spiro atoms. The number of para-hydroxylation sites is 1. The van der Waals surface area contributed by atoms with Crippen molar-refractivity contribution in [2.24, 2.45) is 5.92 Å². The summed E-state index contributed by atoms with van der Waals surface area (Å²) < 4.78 is 11.1. The fraction of sp³-hybridized carbons (Fsp3) is 0.600. The van der Waals surface area contributed by atoms with Crippen molar-refractivity contribution in [2.75, 3.05) is 13.2 Å². The Labute approximate surface area is 154 Å². The molecular formula is C20H28N2O4. The number of hydrogen-bond acceptors (Lipinski definition) is 4. The van der Waals surface area contributed by atoms with E-state index in [2.05, 4.69) is 5.32 Å². The van der Waals surface area contributed by atoms with Crippen LogP contribution in [0.15, 0.2) is 24.3 Å². The van der Waals surface area contributed by atoms with E-state index in [0.29, 0.717) is 19.7 Å². The first-order chi connectivity index (χ1) is 12.2. The van der Waals surface area contributed by atoms with Crippen molar-refractivity contribution < 1.29 is 19.1 Å². The molecule has 2 aliphatic rings. The van der Waals surface area contributed by atoms with Crippen molar-refractivity contribution in [2.45, 2.75) is 58.2 Å². The fourth-order valence-corrected chi connectivity index (χ4v) is 3.33. The van der Waals surface area contributed by atoms with Crippen LogP contribution in [0.3, 0.4) is 0 Å². The molecule has 1 aliphatic heterocycles. The largest absolute Gasteiger partial charge is 0.491 e. The summed E-state index contributed by atoms with van der Waals surface area (Å²) in [7, 11) is 0. The second kappa shape index (κ2) is 6.82. The maximum Gasteiger partial charge on any atom is 0.408 e.